The summed E-state index contributed by atoms with van der Waals surface area (Å²) in [6.45, 7) is 5.33. The van der Waals surface area contributed by atoms with Gasteiger partial charge in [0.1, 0.15) is 5.76 Å². The Morgan fingerprint density at radius 2 is 2.00 bits per heavy atom. The Kier molecular flexibility index (Phi) is 7.95. The Morgan fingerprint density at radius 3 is 2.68 bits per heavy atom. The number of allylic oxidation sites excluding steroid dienone is 7. The highest BCUT2D eigenvalue weighted by atomic mass is 16.5. The molecule has 0 aromatic heterocycles. The van der Waals surface area contributed by atoms with Gasteiger partial charge in [-0.05, 0) is 44.6 Å². The lowest BCUT2D eigenvalue weighted by molar-refractivity contribution is 0.396. The first-order valence-electron chi connectivity index (χ1n) is 9.25. The zero-order chi connectivity index (χ0) is 20.5. The Balaban J connectivity index is 0.000000878. The molecule has 0 saturated carbocycles. The molecule has 0 fully saturated rings. The third-order valence-electron chi connectivity index (χ3n) is 4.21. The fourth-order valence-electron chi connectivity index (χ4n) is 2.85. The van der Waals surface area contributed by atoms with Crippen LogP contribution in [0.15, 0.2) is 84.0 Å². The molecule has 5 heteroatoms. The largest absolute Gasteiger partial charge is 0.458 e. The van der Waals surface area contributed by atoms with Crippen LogP contribution in [0, 0.1) is 12.3 Å². The molecule has 0 radical (unpaired) electrons. The van der Waals surface area contributed by atoms with Crippen LogP contribution in [-0.2, 0) is 0 Å². The molecule has 28 heavy (non-hydrogen) atoms. The minimum absolute atomic E-state index is 0.435. The lowest BCUT2D eigenvalue weighted by Gasteiger charge is -2.36. The van der Waals surface area contributed by atoms with Crippen molar-refractivity contribution >= 4 is 12.8 Å². The molecule has 1 atom stereocenters. The summed E-state index contributed by atoms with van der Waals surface area (Å²) in [4.78, 5) is 2.11. The van der Waals surface area contributed by atoms with Crippen LogP contribution in [0.1, 0.15) is 27.2 Å². The van der Waals surface area contributed by atoms with E-state index in [4.69, 9.17) is 4.74 Å². The first-order chi connectivity index (χ1) is 13.5. The van der Waals surface area contributed by atoms with E-state index in [0.717, 1.165) is 29.3 Å². The lowest BCUT2D eigenvalue weighted by Crippen LogP contribution is -2.29. The van der Waals surface area contributed by atoms with E-state index in [2.05, 4.69) is 29.4 Å². The molecule has 0 saturated heterocycles. The zero-order valence-electron chi connectivity index (χ0n) is 16.5. The van der Waals surface area contributed by atoms with Gasteiger partial charge in [-0.3, -0.25) is 0 Å². The summed E-state index contributed by atoms with van der Waals surface area (Å²) in [7, 11) is -1.43. The predicted molar refractivity (Wildman–Crippen MR) is 116 cm³/mol. The van der Waals surface area contributed by atoms with Gasteiger partial charge in [0.25, 0.3) is 0 Å². The third kappa shape index (κ3) is 5.07. The number of terminal acetylenes is 1. The minimum Gasteiger partial charge on any atom is -0.453 e. The van der Waals surface area contributed by atoms with Gasteiger partial charge in [-0.1, -0.05) is 49.4 Å². The van der Waals surface area contributed by atoms with E-state index in [0.29, 0.717) is 5.76 Å². The number of hydrogen-bond donors (Lipinski definition) is 2. The molecule has 1 heterocycles. The Hall–Kier alpha value is -2.94. The number of nitrogens with zero attached hydrogens (tertiary/aromatic N) is 1. The van der Waals surface area contributed by atoms with Gasteiger partial charge in [-0.25, -0.2) is 0 Å². The molecule has 1 aromatic rings. The molecule has 1 unspecified atom stereocenters. The van der Waals surface area contributed by atoms with E-state index in [1.807, 2.05) is 61.6 Å². The molecule has 1 aliphatic heterocycles. The van der Waals surface area contributed by atoms with Crippen LogP contribution < -0.4 is 9.64 Å². The summed E-state index contributed by atoms with van der Waals surface area (Å²) in [5.41, 5.74) is 2.75. The van der Waals surface area contributed by atoms with Crippen molar-refractivity contribution in [2.75, 3.05) is 4.90 Å². The summed E-state index contributed by atoms with van der Waals surface area (Å²) < 4.78 is 6.05. The highest BCUT2D eigenvalue weighted by Crippen LogP contribution is 2.43. The Bertz CT molecular complexity index is 872. The summed E-state index contributed by atoms with van der Waals surface area (Å²) in [6, 6.07) is 7.85. The molecule has 1 aliphatic carbocycles. The van der Waals surface area contributed by atoms with E-state index in [-0.39, 0.29) is 0 Å². The van der Waals surface area contributed by atoms with Crippen molar-refractivity contribution in [1.29, 1.82) is 0 Å². The number of benzene rings is 1. The van der Waals surface area contributed by atoms with Gasteiger partial charge >= 0.3 is 7.12 Å². The van der Waals surface area contributed by atoms with Crippen molar-refractivity contribution in [3.8, 4) is 18.1 Å². The van der Waals surface area contributed by atoms with Gasteiger partial charge in [0, 0.05) is 11.5 Å². The normalized spacial score (nSPS) is 18.9. The molecule has 144 valence electrons. The van der Waals surface area contributed by atoms with Gasteiger partial charge in [-0.2, -0.15) is 0 Å². The SMILES string of the molecule is C#CC.C/C=C1/Oc2ccccc2N(C2=CCC=CC=C2)/C1=C/C(C)B(O)O. The number of para-hydroxylation sites is 2. The summed E-state index contributed by atoms with van der Waals surface area (Å²) in [6.07, 6.45) is 19.5. The van der Waals surface area contributed by atoms with Gasteiger partial charge in [0.05, 0.1) is 11.4 Å². The van der Waals surface area contributed by atoms with Gasteiger partial charge < -0.3 is 19.7 Å². The van der Waals surface area contributed by atoms with Crippen molar-refractivity contribution in [3.63, 3.8) is 0 Å². The van der Waals surface area contributed by atoms with Gasteiger partial charge in [-0.15, -0.1) is 12.3 Å². The third-order valence-corrected chi connectivity index (χ3v) is 4.21. The number of anilines is 1. The molecule has 1 aromatic carbocycles. The maximum absolute atomic E-state index is 9.54. The summed E-state index contributed by atoms with van der Waals surface area (Å²) >= 11 is 0. The molecule has 4 nitrogen and oxygen atoms in total. The molecular formula is C23H26BNO3. The molecular weight excluding hydrogens is 349 g/mol. The number of rotatable bonds is 3. The van der Waals surface area contributed by atoms with E-state index in [1.54, 1.807) is 13.8 Å². The van der Waals surface area contributed by atoms with E-state index in [1.165, 1.54) is 0 Å². The molecule has 2 N–H and O–H groups in total. The topological polar surface area (TPSA) is 52.9 Å². The van der Waals surface area contributed by atoms with Crippen LogP contribution in [0.5, 0.6) is 5.75 Å². The van der Waals surface area contributed by atoms with E-state index >= 15 is 0 Å². The maximum Gasteiger partial charge on any atom is 0.458 e. The van der Waals surface area contributed by atoms with Crippen molar-refractivity contribution < 1.29 is 14.8 Å². The fraction of sp³-hybridized carbons (Fsp3) is 0.217. The monoisotopic (exact) mass is 375 g/mol. The Morgan fingerprint density at radius 1 is 1.29 bits per heavy atom. The van der Waals surface area contributed by atoms with Crippen molar-refractivity contribution in [1.82, 2.24) is 0 Å². The van der Waals surface area contributed by atoms with E-state index < -0.39 is 12.9 Å². The maximum atomic E-state index is 9.54. The standard InChI is InChI=1S/C20H22BNO3.C3H4/c1-3-19-18(14-15(2)21(23)24)22(16-10-6-4-5-7-11-16)17-12-8-9-13-20(17)25-19;1-3-2/h3-6,8-15,23-24H,7H2,1-2H3;1H,2H3/b18-14+,19-3+;. The summed E-state index contributed by atoms with van der Waals surface area (Å²) in [5.74, 6) is 3.28. The zero-order valence-corrected chi connectivity index (χ0v) is 16.5. The highest BCUT2D eigenvalue weighted by molar-refractivity contribution is 6.43. The van der Waals surface area contributed by atoms with Gasteiger partial charge in [0.15, 0.2) is 5.75 Å². The average Bonchev–Trinajstić information content (AvgIpc) is 2.97. The minimum atomic E-state index is -1.43. The first kappa shape index (κ1) is 21.4. The van der Waals surface area contributed by atoms with Crippen LogP contribution in [0.2, 0.25) is 5.82 Å². The van der Waals surface area contributed by atoms with Gasteiger partial charge in [0.2, 0.25) is 0 Å². The van der Waals surface area contributed by atoms with Crippen molar-refractivity contribution in [2.45, 2.75) is 33.0 Å². The predicted octanol–water partition coefficient (Wildman–Crippen LogP) is 4.58. The Labute approximate surface area is 168 Å². The second-order valence-corrected chi connectivity index (χ2v) is 6.32. The number of ether oxygens (including phenoxy) is 1. The van der Waals surface area contributed by atoms with Crippen LogP contribution in [0.3, 0.4) is 0 Å². The first-order valence-corrected chi connectivity index (χ1v) is 9.25. The summed E-state index contributed by atoms with van der Waals surface area (Å²) in [5, 5.41) is 19.1. The van der Waals surface area contributed by atoms with Crippen molar-refractivity contribution in [3.05, 3.63) is 84.0 Å². The quantitative estimate of drug-likeness (QED) is 0.600. The average molecular weight is 375 g/mol. The van der Waals surface area contributed by atoms with Crippen LogP contribution in [0.25, 0.3) is 0 Å². The van der Waals surface area contributed by atoms with Crippen LogP contribution in [-0.4, -0.2) is 17.2 Å². The number of hydrogen-bond acceptors (Lipinski definition) is 4. The molecule has 0 amide bonds. The second-order valence-electron chi connectivity index (χ2n) is 6.32. The lowest BCUT2D eigenvalue weighted by atomic mass is 9.73. The van der Waals surface area contributed by atoms with Crippen molar-refractivity contribution in [2.24, 2.45) is 0 Å². The molecule has 2 aliphatic rings. The second kappa shape index (κ2) is 10.4. The van der Waals surface area contributed by atoms with Crippen LogP contribution in [0.4, 0.5) is 5.69 Å². The molecule has 0 spiro atoms. The smallest absolute Gasteiger partial charge is 0.453 e. The molecule has 3 rings (SSSR count). The van der Waals surface area contributed by atoms with Crippen LogP contribution >= 0.6 is 0 Å². The molecule has 0 bridgehead atoms. The number of fused-ring (bicyclic) bond motifs is 1. The van der Waals surface area contributed by atoms with E-state index in [9.17, 15) is 10.0 Å². The fourth-order valence-corrected chi connectivity index (χ4v) is 2.85. The highest BCUT2D eigenvalue weighted by Gasteiger charge is 2.30.